The van der Waals surface area contributed by atoms with Crippen LogP contribution in [0.1, 0.15) is 12.0 Å². The Hall–Kier alpha value is -3.34. The molecule has 2 aliphatic heterocycles. The Labute approximate surface area is 210 Å². The summed E-state index contributed by atoms with van der Waals surface area (Å²) in [5.74, 6) is 0.651. The number of nitrogens with one attached hydrogen (secondary N) is 2. The molecule has 4 rings (SSSR count). The highest BCUT2D eigenvalue weighted by atomic mass is 16.5. The van der Waals surface area contributed by atoms with Gasteiger partial charge in [0, 0.05) is 38.4 Å². The van der Waals surface area contributed by atoms with Gasteiger partial charge in [-0.2, -0.15) is 0 Å². The third-order valence-corrected chi connectivity index (χ3v) is 6.67. The Morgan fingerprint density at radius 1 is 1.00 bits per heavy atom. The molecule has 2 heterocycles. The molecule has 0 unspecified atom stereocenters. The second kappa shape index (κ2) is 11.6. The Morgan fingerprint density at radius 2 is 1.67 bits per heavy atom. The molecule has 10 nitrogen and oxygen atoms in total. The lowest BCUT2D eigenvalue weighted by molar-refractivity contribution is -0.135. The molecule has 0 bridgehead atoms. The van der Waals surface area contributed by atoms with Gasteiger partial charge in [0.05, 0.1) is 25.3 Å². The van der Waals surface area contributed by atoms with Crippen molar-refractivity contribution in [1.82, 2.24) is 10.2 Å². The number of aliphatic hydroxyl groups excluding tert-OH is 2. The first-order chi connectivity index (χ1) is 17.4. The van der Waals surface area contributed by atoms with Crippen molar-refractivity contribution in [3.05, 3.63) is 54.1 Å². The summed E-state index contributed by atoms with van der Waals surface area (Å²) in [6.07, 6.45) is -4.12. The van der Waals surface area contributed by atoms with Gasteiger partial charge in [0.2, 0.25) is 5.91 Å². The fraction of sp³-hybridized carbons (Fsp3) is 0.462. The summed E-state index contributed by atoms with van der Waals surface area (Å²) in [7, 11) is 1.64. The number of hydrogen-bond acceptors (Lipinski definition) is 7. The molecule has 36 heavy (non-hydrogen) atoms. The number of urea groups is 1. The van der Waals surface area contributed by atoms with Gasteiger partial charge in [0.1, 0.15) is 24.1 Å². The van der Waals surface area contributed by atoms with Gasteiger partial charge in [-0.3, -0.25) is 4.79 Å². The summed E-state index contributed by atoms with van der Waals surface area (Å²) in [5, 5.41) is 26.2. The summed E-state index contributed by atoms with van der Waals surface area (Å²) in [5.41, 5.74) is 2.71. The average molecular weight is 499 g/mol. The predicted molar refractivity (Wildman–Crippen MR) is 135 cm³/mol. The fourth-order valence-corrected chi connectivity index (χ4v) is 4.56. The SMILES string of the molecule is COc1ccccc1N1CCN(C(=O)C[C@@H]2O[C@@H](CNC(=O)Nc3ccc(C)cc3)[C@@H](O)[C@H]2O)CC1. The summed E-state index contributed by atoms with van der Waals surface area (Å²) in [6.45, 7) is 4.34. The molecule has 4 N–H and O–H groups in total. The minimum atomic E-state index is -1.21. The van der Waals surface area contributed by atoms with Gasteiger partial charge < -0.3 is 40.1 Å². The fourth-order valence-electron chi connectivity index (χ4n) is 4.56. The largest absolute Gasteiger partial charge is 0.495 e. The highest BCUT2D eigenvalue weighted by Crippen LogP contribution is 2.29. The van der Waals surface area contributed by atoms with Crippen LogP contribution >= 0.6 is 0 Å². The molecule has 0 saturated carbocycles. The van der Waals surface area contributed by atoms with Gasteiger partial charge in [-0.15, -0.1) is 0 Å². The Bertz CT molecular complexity index is 1040. The highest BCUT2D eigenvalue weighted by Gasteiger charge is 2.44. The number of anilines is 2. The summed E-state index contributed by atoms with van der Waals surface area (Å²) in [4.78, 5) is 29.0. The van der Waals surface area contributed by atoms with E-state index in [-0.39, 0.29) is 18.9 Å². The first-order valence-corrected chi connectivity index (χ1v) is 12.1. The van der Waals surface area contributed by atoms with E-state index in [0.717, 1.165) is 17.0 Å². The van der Waals surface area contributed by atoms with Gasteiger partial charge >= 0.3 is 6.03 Å². The van der Waals surface area contributed by atoms with Crippen molar-refractivity contribution < 1.29 is 29.3 Å². The van der Waals surface area contributed by atoms with Crippen LogP contribution in [0.15, 0.2) is 48.5 Å². The standard InChI is InChI=1S/C26H34N4O6/c1-17-7-9-18(10-8-17)28-26(34)27-16-22-25(33)24(32)21(36-22)15-23(31)30-13-11-29(12-14-30)19-5-3-4-6-20(19)35-2/h3-10,21-22,24-25,32-33H,11-16H2,1-2H3,(H2,27,28,34)/t21-,22-,24-,25+/m0/s1. The van der Waals surface area contributed by atoms with E-state index in [0.29, 0.717) is 31.9 Å². The van der Waals surface area contributed by atoms with E-state index < -0.39 is 30.4 Å². The minimum absolute atomic E-state index is 0.00179. The number of methoxy groups -OCH3 is 1. The van der Waals surface area contributed by atoms with Crippen molar-refractivity contribution in [1.29, 1.82) is 0 Å². The first-order valence-electron chi connectivity index (χ1n) is 12.1. The molecular weight excluding hydrogens is 464 g/mol. The zero-order valence-corrected chi connectivity index (χ0v) is 20.6. The molecule has 2 aromatic carbocycles. The van der Waals surface area contributed by atoms with Gasteiger partial charge in [0.15, 0.2) is 0 Å². The average Bonchev–Trinajstić information content (AvgIpc) is 3.16. The molecule has 2 fully saturated rings. The van der Waals surface area contributed by atoms with Gasteiger partial charge in [0.25, 0.3) is 0 Å². The van der Waals surface area contributed by atoms with E-state index in [1.165, 1.54) is 0 Å². The van der Waals surface area contributed by atoms with Crippen molar-refractivity contribution in [2.45, 2.75) is 37.8 Å². The van der Waals surface area contributed by atoms with E-state index >= 15 is 0 Å². The molecule has 4 atom stereocenters. The van der Waals surface area contributed by atoms with Gasteiger partial charge in [-0.1, -0.05) is 29.8 Å². The van der Waals surface area contributed by atoms with Crippen molar-refractivity contribution in [2.24, 2.45) is 0 Å². The van der Waals surface area contributed by atoms with E-state index in [4.69, 9.17) is 9.47 Å². The number of aryl methyl sites for hydroxylation is 1. The van der Waals surface area contributed by atoms with E-state index in [9.17, 15) is 19.8 Å². The number of para-hydroxylation sites is 2. The molecule has 194 valence electrons. The smallest absolute Gasteiger partial charge is 0.319 e. The van der Waals surface area contributed by atoms with Crippen molar-refractivity contribution in [3.8, 4) is 5.75 Å². The maximum absolute atomic E-state index is 12.9. The summed E-state index contributed by atoms with van der Waals surface area (Å²) < 4.78 is 11.2. The molecule has 2 aliphatic rings. The third kappa shape index (κ3) is 6.07. The lowest BCUT2D eigenvalue weighted by Gasteiger charge is -2.37. The molecule has 0 aromatic heterocycles. The quantitative estimate of drug-likeness (QED) is 0.454. The van der Waals surface area contributed by atoms with Crippen LogP contribution in [0, 0.1) is 6.92 Å². The van der Waals surface area contributed by atoms with Crippen LogP contribution in [0.2, 0.25) is 0 Å². The molecule has 0 aliphatic carbocycles. The van der Waals surface area contributed by atoms with Crippen molar-refractivity contribution >= 4 is 23.3 Å². The van der Waals surface area contributed by atoms with E-state index in [1.54, 1.807) is 24.1 Å². The zero-order chi connectivity index (χ0) is 25.7. The van der Waals surface area contributed by atoms with Crippen LogP contribution < -0.4 is 20.3 Å². The molecule has 0 spiro atoms. The van der Waals surface area contributed by atoms with E-state index in [1.807, 2.05) is 43.3 Å². The molecule has 2 saturated heterocycles. The minimum Gasteiger partial charge on any atom is -0.495 e. The maximum Gasteiger partial charge on any atom is 0.319 e. The molecular formula is C26H34N4O6. The Balaban J connectivity index is 1.23. The van der Waals surface area contributed by atoms with Crippen molar-refractivity contribution in [2.75, 3.05) is 50.1 Å². The molecule has 2 aromatic rings. The maximum atomic E-state index is 12.9. The monoisotopic (exact) mass is 498 g/mol. The number of aliphatic hydroxyl groups is 2. The second-order valence-electron chi connectivity index (χ2n) is 9.14. The van der Waals surface area contributed by atoms with Crippen LogP contribution in [0.25, 0.3) is 0 Å². The van der Waals surface area contributed by atoms with Crippen LogP contribution in [0.3, 0.4) is 0 Å². The number of rotatable bonds is 7. The Kier molecular flexibility index (Phi) is 8.29. The summed E-state index contributed by atoms with van der Waals surface area (Å²) >= 11 is 0. The number of benzene rings is 2. The lowest BCUT2D eigenvalue weighted by Crippen LogP contribution is -2.50. The highest BCUT2D eigenvalue weighted by molar-refractivity contribution is 5.89. The molecule has 10 heteroatoms. The normalized spacial score (nSPS) is 23.9. The topological polar surface area (TPSA) is 124 Å². The first kappa shape index (κ1) is 25.7. The van der Waals surface area contributed by atoms with Gasteiger partial charge in [-0.25, -0.2) is 4.79 Å². The zero-order valence-electron chi connectivity index (χ0n) is 20.6. The van der Waals surface area contributed by atoms with Crippen molar-refractivity contribution in [3.63, 3.8) is 0 Å². The molecule has 3 amide bonds. The number of amides is 3. The number of nitrogens with zero attached hydrogens (tertiary/aromatic N) is 2. The third-order valence-electron chi connectivity index (χ3n) is 6.67. The second-order valence-corrected chi connectivity index (χ2v) is 9.14. The number of carbonyl (C=O) groups excluding carboxylic acids is 2. The lowest BCUT2D eigenvalue weighted by atomic mass is 10.0. The molecule has 0 radical (unpaired) electrons. The van der Waals surface area contributed by atoms with E-state index in [2.05, 4.69) is 15.5 Å². The predicted octanol–water partition coefficient (Wildman–Crippen LogP) is 1.35. The van der Waals surface area contributed by atoms with Crippen LogP contribution in [0.5, 0.6) is 5.75 Å². The number of piperazine rings is 1. The number of ether oxygens (including phenoxy) is 2. The van der Waals surface area contributed by atoms with Crippen LogP contribution in [-0.4, -0.2) is 91.3 Å². The summed E-state index contributed by atoms with van der Waals surface area (Å²) in [6, 6.07) is 14.7. The number of carbonyl (C=O) groups is 2. The number of hydrogen-bond donors (Lipinski definition) is 4. The Morgan fingerprint density at radius 3 is 2.36 bits per heavy atom. The van der Waals surface area contributed by atoms with Gasteiger partial charge in [-0.05, 0) is 31.2 Å². The van der Waals surface area contributed by atoms with Crippen LogP contribution in [0.4, 0.5) is 16.2 Å². The van der Waals surface area contributed by atoms with Crippen LogP contribution in [-0.2, 0) is 9.53 Å².